The molecule has 1 atom stereocenters. The molecule has 0 heterocycles. The molecule has 13 heavy (non-hydrogen) atoms. The minimum Gasteiger partial charge on any atom is -0.481 e. The van der Waals surface area contributed by atoms with E-state index in [9.17, 15) is 18.0 Å². The lowest BCUT2D eigenvalue weighted by Gasteiger charge is -2.17. The highest BCUT2D eigenvalue weighted by Crippen LogP contribution is 2.35. The van der Waals surface area contributed by atoms with Gasteiger partial charge in [-0.15, -0.1) is 6.58 Å². The predicted molar refractivity (Wildman–Crippen MR) is 44.8 cm³/mol. The lowest BCUT2D eigenvalue weighted by molar-refractivity contribution is -0.134. The summed E-state index contributed by atoms with van der Waals surface area (Å²) in [5.74, 6) is -2.21. The van der Waals surface area contributed by atoms with Crippen molar-refractivity contribution in [2.75, 3.05) is 5.75 Å². The molecule has 0 aromatic rings. The van der Waals surface area contributed by atoms with Crippen LogP contribution in [0.1, 0.15) is 6.42 Å². The molecule has 0 amide bonds. The summed E-state index contributed by atoms with van der Waals surface area (Å²) in [4.78, 5) is 9.93. The first-order chi connectivity index (χ1) is 5.90. The molecule has 0 rings (SSSR count). The monoisotopic (exact) mass is 214 g/mol. The van der Waals surface area contributed by atoms with Crippen LogP contribution in [0.15, 0.2) is 12.7 Å². The summed E-state index contributed by atoms with van der Waals surface area (Å²) in [6.45, 7) is 3.11. The van der Waals surface area contributed by atoms with Crippen molar-refractivity contribution in [2.24, 2.45) is 0 Å². The Hall–Kier alpha value is -0.650. The van der Waals surface area contributed by atoms with E-state index in [0.29, 0.717) is 0 Å². The first kappa shape index (κ1) is 12.3. The van der Waals surface area contributed by atoms with Gasteiger partial charge in [-0.05, 0) is 0 Å². The van der Waals surface area contributed by atoms with Gasteiger partial charge >= 0.3 is 11.2 Å². The van der Waals surface area contributed by atoms with E-state index < -0.39 is 29.6 Å². The fraction of sp³-hybridized carbons (Fsp3) is 0.571. The second-order valence-corrected chi connectivity index (χ2v) is 3.36. The number of thioether (sulfide) groups is 1. The molecule has 0 aliphatic carbocycles. The van der Waals surface area contributed by atoms with Crippen molar-refractivity contribution in [1.29, 1.82) is 0 Å². The summed E-state index contributed by atoms with van der Waals surface area (Å²) in [7, 11) is 0. The van der Waals surface area contributed by atoms with Crippen molar-refractivity contribution in [1.82, 2.24) is 0 Å². The smallest absolute Gasteiger partial charge is 0.325 e. The summed E-state index contributed by atoms with van der Waals surface area (Å²) in [5, 5.41) is 4.43. The van der Waals surface area contributed by atoms with Crippen LogP contribution < -0.4 is 0 Å². The molecule has 0 fully saturated rings. The van der Waals surface area contributed by atoms with E-state index in [0.717, 1.165) is 6.08 Å². The van der Waals surface area contributed by atoms with Gasteiger partial charge < -0.3 is 5.11 Å². The van der Waals surface area contributed by atoms with Crippen molar-refractivity contribution in [3.05, 3.63) is 12.7 Å². The Morgan fingerprint density at radius 3 is 2.62 bits per heavy atom. The van der Waals surface area contributed by atoms with Gasteiger partial charge in [-0.3, -0.25) is 4.79 Å². The average molecular weight is 214 g/mol. The number of alkyl halides is 3. The van der Waals surface area contributed by atoms with Crippen LogP contribution in [0.3, 0.4) is 0 Å². The maximum atomic E-state index is 12.6. The van der Waals surface area contributed by atoms with E-state index in [1.807, 2.05) is 0 Å². The highest BCUT2D eigenvalue weighted by Gasteiger charge is 2.40. The molecule has 1 unspecified atom stereocenters. The molecule has 6 heteroatoms. The van der Waals surface area contributed by atoms with E-state index in [4.69, 9.17) is 5.11 Å². The molecule has 2 nitrogen and oxygen atoms in total. The molecule has 0 bridgehead atoms. The Morgan fingerprint density at radius 1 is 1.69 bits per heavy atom. The largest absolute Gasteiger partial charge is 0.481 e. The van der Waals surface area contributed by atoms with Gasteiger partial charge in [0.1, 0.15) is 0 Å². The number of aliphatic carboxylic acids is 1. The fourth-order valence-electron chi connectivity index (χ4n) is 0.532. The van der Waals surface area contributed by atoms with Crippen LogP contribution in [0.2, 0.25) is 0 Å². The molecule has 1 N–H and O–H groups in total. The van der Waals surface area contributed by atoms with Gasteiger partial charge in [-0.25, -0.2) is 4.39 Å². The Bertz CT molecular complexity index is 196. The highest BCUT2D eigenvalue weighted by atomic mass is 32.2. The van der Waals surface area contributed by atoms with Crippen LogP contribution in [0.5, 0.6) is 0 Å². The van der Waals surface area contributed by atoms with Crippen LogP contribution in [-0.2, 0) is 4.79 Å². The second kappa shape index (κ2) is 5.16. The minimum absolute atomic E-state index is 0.221. The first-order valence-corrected chi connectivity index (χ1v) is 4.37. The van der Waals surface area contributed by atoms with Crippen molar-refractivity contribution in [2.45, 2.75) is 17.8 Å². The number of carbonyl (C=O) groups is 1. The van der Waals surface area contributed by atoms with Gasteiger partial charge in [-0.1, -0.05) is 17.8 Å². The quantitative estimate of drug-likeness (QED) is 0.689. The normalized spacial score (nSPS) is 13.8. The number of carboxylic acids is 1. The van der Waals surface area contributed by atoms with Gasteiger partial charge in [0.05, 0.1) is 5.75 Å². The first-order valence-electron chi connectivity index (χ1n) is 3.38. The number of hydrogen-bond acceptors (Lipinski definition) is 2. The van der Waals surface area contributed by atoms with E-state index in [1.165, 1.54) is 0 Å². The molecule has 0 saturated heterocycles. The standard InChI is InChI=1S/C7H9F3O2S/c1-2-3-5(8)7(9,10)13-4-6(11)12/h2,5H,1,3-4H2,(H,11,12). The van der Waals surface area contributed by atoms with Crippen molar-refractivity contribution < 1.29 is 23.1 Å². The summed E-state index contributed by atoms with van der Waals surface area (Å²) in [6, 6.07) is 0. The number of allylic oxidation sites excluding steroid dienone is 1. The third-order valence-corrected chi connectivity index (χ3v) is 2.16. The number of hydrogen-bond donors (Lipinski definition) is 1. The zero-order chi connectivity index (χ0) is 10.5. The Balaban J connectivity index is 4.04. The molecule has 0 radical (unpaired) electrons. The predicted octanol–water partition coefficient (Wildman–Crippen LogP) is 2.31. The number of rotatable bonds is 6. The third kappa shape index (κ3) is 4.82. The molecular weight excluding hydrogens is 205 g/mol. The SMILES string of the molecule is C=CCC(F)C(F)(F)SCC(=O)O. The number of carboxylic acid groups (broad SMARTS) is 1. The van der Waals surface area contributed by atoms with Gasteiger partial charge in [0.15, 0.2) is 6.17 Å². The van der Waals surface area contributed by atoms with Crippen LogP contribution in [0.25, 0.3) is 0 Å². The van der Waals surface area contributed by atoms with Crippen LogP contribution in [0.4, 0.5) is 13.2 Å². The maximum Gasteiger partial charge on any atom is 0.325 e. The van der Waals surface area contributed by atoms with Gasteiger partial charge in [0.25, 0.3) is 0 Å². The Labute approximate surface area is 77.8 Å². The molecule has 0 aromatic carbocycles. The summed E-state index contributed by atoms with van der Waals surface area (Å²) in [5.41, 5.74) is 0. The topological polar surface area (TPSA) is 37.3 Å². The third-order valence-electron chi connectivity index (χ3n) is 1.13. The van der Waals surface area contributed by atoms with E-state index in [-0.39, 0.29) is 11.8 Å². The zero-order valence-electron chi connectivity index (χ0n) is 6.67. The molecule has 0 aliphatic rings. The zero-order valence-corrected chi connectivity index (χ0v) is 7.49. The van der Waals surface area contributed by atoms with Gasteiger partial charge in [-0.2, -0.15) is 8.78 Å². The molecule has 0 aromatic heterocycles. The van der Waals surface area contributed by atoms with Gasteiger partial charge in [0.2, 0.25) is 0 Å². The molecule has 0 spiro atoms. The highest BCUT2D eigenvalue weighted by molar-refractivity contribution is 8.01. The maximum absolute atomic E-state index is 12.6. The molecular formula is C7H9F3O2S. The van der Waals surface area contributed by atoms with Crippen LogP contribution in [0, 0.1) is 0 Å². The van der Waals surface area contributed by atoms with Crippen LogP contribution in [-0.4, -0.2) is 28.3 Å². The molecule has 0 saturated carbocycles. The second-order valence-electron chi connectivity index (χ2n) is 2.24. The average Bonchev–Trinajstić information content (AvgIpc) is 2.01. The summed E-state index contributed by atoms with van der Waals surface area (Å²) < 4.78 is 37.9. The van der Waals surface area contributed by atoms with Crippen molar-refractivity contribution in [3.8, 4) is 0 Å². The van der Waals surface area contributed by atoms with Gasteiger partial charge in [0, 0.05) is 6.42 Å². The molecule has 76 valence electrons. The van der Waals surface area contributed by atoms with E-state index in [2.05, 4.69) is 6.58 Å². The van der Waals surface area contributed by atoms with Crippen molar-refractivity contribution in [3.63, 3.8) is 0 Å². The lowest BCUT2D eigenvalue weighted by Crippen LogP contribution is -2.27. The van der Waals surface area contributed by atoms with E-state index in [1.54, 1.807) is 0 Å². The minimum atomic E-state index is -3.66. The number of halogens is 3. The summed E-state index contributed by atoms with van der Waals surface area (Å²) in [6.07, 6.45) is -1.84. The summed E-state index contributed by atoms with van der Waals surface area (Å²) >= 11 is -0.221. The van der Waals surface area contributed by atoms with Crippen molar-refractivity contribution >= 4 is 17.7 Å². The Kier molecular flexibility index (Phi) is 4.90. The van der Waals surface area contributed by atoms with E-state index >= 15 is 0 Å². The van der Waals surface area contributed by atoms with Crippen LogP contribution >= 0.6 is 11.8 Å². The fourth-order valence-corrected chi connectivity index (χ4v) is 1.12. The Morgan fingerprint density at radius 2 is 2.23 bits per heavy atom. The lowest BCUT2D eigenvalue weighted by atomic mass is 10.3. The molecule has 0 aliphatic heterocycles.